The van der Waals surface area contributed by atoms with Crippen molar-refractivity contribution in [2.24, 2.45) is 5.73 Å². The van der Waals surface area contributed by atoms with E-state index in [-0.39, 0.29) is 17.1 Å². The fourth-order valence-electron chi connectivity index (χ4n) is 2.07. The number of rotatable bonds is 5. The van der Waals surface area contributed by atoms with Crippen LogP contribution in [0.25, 0.3) is 0 Å². The molecule has 0 atom stereocenters. The molecule has 0 heterocycles. The van der Waals surface area contributed by atoms with Crippen molar-refractivity contribution in [3.05, 3.63) is 35.6 Å². The Kier molecular flexibility index (Phi) is 3.43. The van der Waals surface area contributed by atoms with Crippen LogP contribution in [0.15, 0.2) is 24.3 Å². The van der Waals surface area contributed by atoms with Gasteiger partial charge in [0.2, 0.25) is 5.91 Å². The van der Waals surface area contributed by atoms with E-state index in [2.05, 4.69) is 5.32 Å². The van der Waals surface area contributed by atoms with Gasteiger partial charge in [0.15, 0.2) is 0 Å². The summed E-state index contributed by atoms with van der Waals surface area (Å²) >= 11 is 0. The molecule has 0 radical (unpaired) electrons. The van der Waals surface area contributed by atoms with Gasteiger partial charge < -0.3 is 11.1 Å². The number of carbonyl (C=O) groups is 1. The molecule has 1 aromatic carbocycles. The molecule has 1 amide bonds. The van der Waals surface area contributed by atoms with Gasteiger partial charge >= 0.3 is 0 Å². The Morgan fingerprint density at radius 2 is 2.12 bits per heavy atom. The second kappa shape index (κ2) is 4.84. The molecule has 1 saturated carbocycles. The molecular weight excluding hydrogens is 219 g/mol. The minimum absolute atomic E-state index is 0.0601. The molecule has 1 aliphatic carbocycles. The average molecular weight is 236 g/mol. The summed E-state index contributed by atoms with van der Waals surface area (Å²) in [7, 11) is 0. The number of nitrogens with two attached hydrogens (primary N) is 1. The smallest absolute Gasteiger partial charge is 0.221 e. The van der Waals surface area contributed by atoms with Gasteiger partial charge in [0.1, 0.15) is 5.82 Å². The monoisotopic (exact) mass is 236 g/mol. The first-order valence-electron chi connectivity index (χ1n) is 5.90. The van der Waals surface area contributed by atoms with Crippen molar-refractivity contribution in [1.29, 1.82) is 0 Å². The van der Waals surface area contributed by atoms with Crippen molar-refractivity contribution in [1.82, 2.24) is 5.32 Å². The van der Waals surface area contributed by atoms with Crippen LogP contribution < -0.4 is 11.1 Å². The van der Waals surface area contributed by atoms with Gasteiger partial charge in [-0.05, 0) is 24.5 Å². The molecule has 0 unspecified atom stereocenters. The fourth-order valence-corrected chi connectivity index (χ4v) is 2.07. The lowest BCUT2D eigenvalue weighted by atomic mass is 9.95. The standard InChI is InChI=1S/C13H17FN2O/c14-11-4-2-1-3-10(11)13(6-7-13)9-16-12(17)5-8-15/h1-4H,5-9,15H2,(H,16,17). The summed E-state index contributed by atoms with van der Waals surface area (Å²) in [5.41, 5.74) is 5.83. The molecule has 1 aliphatic rings. The van der Waals surface area contributed by atoms with Crippen molar-refractivity contribution in [3.8, 4) is 0 Å². The van der Waals surface area contributed by atoms with E-state index < -0.39 is 0 Å². The van der Waals surface area contributed by atoms with Gasteiger partial charge in [-0.15, -0.1) is 0 Å². The van der Waals surface area contributed by atoms with Crippen LogP contribution in [-0.4, -0.2) is 19.0 Å². The molecule has 4 heteroatoms. The van der Waals surface area contributed by atoms with E-state index in [0.717, 1.165) is 12.8 Å². The van der Waals surface area contributed by atoms with Crippen LogP contribution in [0.4, 0.5) is 4.39 Å². The van der Waals surface area contributed by atoms with Crippen LogP contribution >= 0.6 is 0 Å². The predicted octanol–water partition coefficient (Wildman–Crippen LogP) is 1.32. The molecule has 0 bridgehead atoms. The van der Waals surface area contributed by atoms with Crippen LogP contribution in [0.3, 0.4) is 0 Å². The van der Waals surface area contributed by atoms with Gasteiger partial charge in [0.25, 0.3) is 0 Å². The minimum Gasteiger partial charge on any atom is -0.355 e. The highest BCUT2D eigenvalue weighted by Gasteiger charge is 2.45. The number of carbonyl (C=O) groups excluding carboxylic acids is 1. The Morgan fingerprint density at radius 3 is 2.71 bits per heavy atom. The van der Waals surface area contributed by atoms with Crippen molar-refractivity contribution in [3.63, 3.8) is 0 Å². The highest BCUT2D eigenvalue weighted by molar-refractivity contribution is 5.76. The summed E-state index contributed by atoms with van der Waals surface area (Å²) in [6, 6.07) is 6.79. The number of halogens is 1. The summed E-state index contributed by atoms with van der Waals surface area (Å²) in [4.78, 5) is 11.3. The number of benzene rings is 1. The van der Waals surface area contributed by atoms with Crippen molar-refractivity contribution < 1.29 is 9.18 Å². The first kappa shape index (κ1) is 12.0. The van der Waals surface area contributed by atoms with Gasteiger partial charge in [-0.25, -0.2) is 4.39 Å². The van der Waals surface area contributed by atoms with Gasteiger partial charge in [-0.2, -0.15) is 0 Å². The van der Waals surface area contributed by atoms with E-state index in [1.54, 1.807) is 12.1 Å². The van der Waals surface area contributed by atoms with Crippen molar-refractivity contribution in [2.75, 3.05) is 13.1 Å². The van der Waals surface area contributed by atoms with E-state index in [1.165, 1.54) is 6.07 Å². The number of nitrogens with one attached hydrogen (secondary N) is 1. The van der Waals surface area contributed by atoms with E-state index >= 15 is 0 Å². The molecule has 3 N–H and O–H groups in total. The van der Waals surface area contributed by atoms with Crippen LogP contribution in [0.1, 0.15) is 24.8 Å². The topological polar surface area (TPSA) is 55.1 Å². The molecular formula is C13H17FN2O. The highest BCUT2D eigenvalue weighted by atomic mass is 19.1. The molecule has 0 aromatic heterocycles. The third-order valence-corrected chi connectivity index (χ3v) is 3.29. The zero-order valence-electron chi connectivity index (χ0n) is 9.71. The zero-order chi connectivity index (χ0) is 12.3. The Morgan fingerprint density at radius 1 is 1.41 bits per heavy atom. The molecule has 3 nitrogen and oxygen atoms in total. The Balaban J connectivity index is 2.01. The Hall–Kier alpha value is -1.42. The predicted molar refractivity (Wildman–Crippen MR) is 64.0 cm³/mol. The van der Waals surface area contributed by atoms with Gasteiger partial charge in [0.05, 0.1) is 0 Å². The maximum Gasteiger partial charge on any atom is 0.221 e. The molecule has 92 valence electrons. The molecule has 0 spiro atoms. The first-order chi connectivity index (χ1) is 8.18. The minimum atomic E-state index is -0.185. The van der Waals surface area contributed by atoms with Crippen LogP contribution in [0, 0.1) is 5.82 Å². The molecule has 0 aliphatic heterocycles. The maximum absolute atomic E-state index is 13.7. The Labute approximate surface area is 100 Å². The molecule has 1 aromatic rings. The summed E-state index contributed by atoms with van der Waals surface area (Å²) in [5, 5.41) is 2.83. The number of hydrogen-bond donors (Lipinski definition) is 2. The average Bonchev–Trinajstić information content (AvgIpc) is 3.09. The Bertz CT molecular complexity index is 416. The molecule has 17 heavy (non-hydrogen) atoms. The lowest BCUT2D eigenvalue weighted by Gasteiger charge is -2.17. The largest absolute Gasteiger partial charge is 0.355 e. The third kappa shape index (κ3) is 2.64. The first-order valence-corrected chi connectivity index (χ1v) is 5.90. The fraction of sp³-hybridized carbons (Fsp3) is 0.462. The summed E-state index contributed by atoms with van der Waals surface area (Å²) in [6.45, 7) is 0.852. The summed E-state index contributed by atoms with van der Waals surface area (Å²) in [6.07, 6.45) is 2.18. The summed E-state index contributed by atoms with van der Waals surface area (Å²) < 4.78 is 13.7. The number of hydrogen-bond acceptors (Lipinski definition) is 2. The van der Waals surface area contributed by atoms with E-state index in [0.29, 0.717) is 25.1 Å². The quantitative estimate of drug-likeness (QED) is 0.810. The number of amides is 1. The van der Waals surface area contributed by atoms with E-state index in [4.69, 9.17) is 5.73 Å². The maximum atomic E-state index is 13.7. The second-order valence-corrected chi connectivity index (χ2v) is 4.58. The van der Waals surface area contributed by atoms with E-state index in [9.17, 15) is 9.18 Å². The van der Waals surface area contributed by atoms with Gasteiger partial charge in [0, 0.05) is 24.9 Å². The zero-order valence-corrected chi connectivity index (χ0v) is 9.71. The van der Waals surface area contributed by atoms with Gasteiger partial charge in [-0.1, -0.05) is 18.2 Å². The van der Waals surface area contributed by atoms with Crippen molar-refractivity contribution in [2.45, 2.75) is 24.7 Å². The second-order valence-electron chi connectivity index (χ2n) is 4.58. The molecule has 2 rings (SSSR count). The van der Waals surface area contributed by atoms with Crippen LogP contribution in [0.2, 0.25) is 0 Å². The molecule has 0 saturated heterocycles. The summed E-state index contributed by atoms with van der Waals surface area (Å²) in [5.74, 6) is -0.242. The lowest BCUT2D eigenvalue weighted by Crippen LogP contribution is -2.33. The lowest BCUT2D eigenvalue weighted by molar-refractivity contribution is -0.121. The van der Waals surface area contributed by atoms with Crippen LogP contribution in [0.5, 0.6) is 0 Å². The SMILES string of the molecule is NCCC(=O)NCC1(c2ccccc2F)CC1. The molecule has 1 fully saturated rings. The third-order valence-electron chi connectivity index (χ3n) is 3.29. The normalized spacial score (nSPS) is 16.6. The van der Waals surface area contributed by atoms with E-state index in [1.807, 2.05) is 6.07 Å². The highest BCUT2D eigenvalue weighted by Crippen LogP contribution is 2.48. The van der Waals surface area contributed by atoms with Gasteiger partial charge in [-0.3, -0.25) is 4.79 Å². The van der Waals surface area contributed by atoms with Crippen LogP contribution in [-0.2, 0) is 10.2 Å². The van der Waals surface area contributed by atoms with Crippen molar-refractivity contribution >= 4 is 5.91 Å².